The summed E-state index contributed by atoms with van der Waals surface area (Å²) in [5, 5.41) is 9.51. The highest BCUT2D eigenvalue weighted by atomic mass is 16.3. The standard InChI is InChI=1S/C9H10N2O3/c1-4-5(2)11-8(13)6(3)7(12)10-9(11)14/h1,5,13H,2-3H3,(H,10,12,14). The lowest BCUT2D eigenvalue weighted by molar-refractivity contribution is 0.390. The van der Waals surface area contributed by atoms with Gasteiger partial charge in [-0.25, -0.2) is 9.36 Å². The Bertz CT molecular complexity index is 504. The Labute approximate surface area is 80.0 Å². The second kappa shape index (κ2) is 3.42. The van der Waals surface area contributed by atoms with Crippen LogP contribution in [-0.4, -0.2) is 14.7 Å². The van der Waals surface area contributed by atoms with Crippen LogP contribution in [-0.2, 0) is 0 Å². The van der Waals surface area contributed by atoms with Crippen LogP contribution in [0.15, 0.2) is 9.59 Å². The van der Waals surface area contributed by atoms with Crippen LogP contribution >= 0.6 is 0 Å². The third-order valence-corrected chi connectivity index (χ3v) is 1.97. The van der Waals surface area contributed by atoms with Crippen molar-refractivity contribution in [3.63, 3.8) is 0 Å². The van der Waals surface area contributed by atoms with Crippen LogP contribution in [0.4, 0.5) is 0 Å². The molecule has 1 atom stereocenters. The number of hydrogen-bond donors (Lipinski definition) is 2. The molecule has 1 aromatic rings. The molecule has 0 spiro atoms. The highest BCUT2D eigenvalue weighted by molar-refractivity contribution is 5.22. The third kappa shape index (κ3) is 1.42. The minimum atomic E-state index is -0.705. The highest BCUT2D eigenvalue weighted by Crippen LogP contribution is 2.13. The van der Waals surface area contributed by atoms with Gasteiger partial charge in [0.2, 0.25) is 5.88 Å². The molecule has 1 rings (SSSR count). The molecule has 0 aromatic carbocycles. The molecule has 0 aliphatic carbocycles. The molecule has 0 bridgehead atoms. The van der Waals surface area contributed by atoms with Crippen molar-refractivity contribution >= 4 is 0 Å². The highest BCUT2D eigenvalue weighted by Gasteiger charge is 2.13. The van der Waals surface area contributed by atoms with E-state index in [1.165, 1.54) is 6.92 Å². The largest absolute Gasteiger partial charge is 0.494 e. The van der Waals surface area contributed by atoms with E-state index >= 15 is 0 Å². The van der Waals surface area contributed by atoms with E-state index in [1.54, 1.807) is 6.92 Å². The number of aromatic amines is 1. The number of H-pyrrole nitrogens is 1. The van der Waals surface area contributed by atoms with Crippen LogP contribution in [0.25, 0.3) is 0 Å². The molecule has 0 aliphatic rings. The average Bonchev–Trinajstić information content (AvgIpc) is 2.14. The Balaban J connectivity index is 3.63. The zero-order chi connectivity index (χ0) is 10.9. The van der Waals surface area contributed by atoms with Crippen molar-refractivity contribution in [1.82, 2.24) is 9.55 Å². The van der Waals surface area contributed by atoms with Crippen LogP contribution < -0.4 is 11.2 Å². The maximum atomic E-state index is 11.3. The van der Waals surface area contributed by atoms with Gasteiger partial charge in [-0.3, -0.25) is 9.78 Å². The van der Waals surface area contributed by atoms with Crippen LogP contribution in [0.3, 0.4) is 0 Å². The van der Waals surface area contributed by atoms with Crippen molar-refractivity contribution in [3.8, 4) is 18.2 Å². The van der Waals surface area contributed by atoms with E-state index in [-0.39, 0.29) is 11.4 Å². The van der Waals surface area contributed by atoms with Crippen LogP contribution in [0, 0.1) is 19.3 Å². The molecule has 5 heteroatoms. The quantitative estimate of drug-likeness (QED) is 0.605. The van der Waals surface area contributed by atoms with Gasteiger partial charge in [0, 0.05) is 0 Å². The van der Waals surface area contributed by atoms with Crippen LogP contribution in [0.1, 0.15) is 18.5 Å². The second-order valence-electron chi connectivity index (χ2n) is 2.92. The lowest BCUT2D eigenvalue weighted by Gasteiger charge is -2.11. The van der Waals surface area contributed by atoms with Gasteiger partial charge in [0.15, 0.2) is 0 Å². The van der Waals surface area contributed by atoms with Crippen molar-refractivity contribution in [2.24, 2.45) is 0 Å². The average molecular weight is 194 g/mol. The Kier molecular flexibility index (Phi) is 2.47. The fourth-order valence-corrected chi connectivity index (χ4v) is 1.06. The molecule has 1 heterocycles. The van der Waals surface area contributed by atoms with Crippen molar-refractivity contribution < 1.29 is 5.11 Å². The molecule has 0 saturated carbocycles. The van der Waals surface area contributed by atoms with Gasteiger partial charge >= 0.3 is 5.69 Å². The first-order chi connectivity index (χ1) is 6.49. The van der Waals surface area contributed by atoms with Crippen molar-refractivity contribution in [2.45, 2.75) is 19.9 Å². The summed E-state index contributed by atoms with van der Waals surface area (Å²) in [6.45, 7) is 2.98. The Morgan fingerprint density at radius 3 is 2.64 bits per heavy atom. The minimum Gasteiger partial charge on any atom is -0.494 e. The van der Waals surface area contributed by atoms with Gasteiger partial charge in [-0.2, -0.15) is 0 Å². The van der Waals surface area contributed by atoms with E-state index in [0.717, 1.165) is 4.57 Å². The number of terminal acetylenes is 1. The number of nitrogens with one attached hydrogen (secondary N) is 1. The number of rotatable bonds is 1. The normalized spacial score (nSPS) is 12.1. The topological polar surface area (TPSA) is 75.1 Å². The lowest BCUT2D eigenvalue weighted by Crippen LogP contribution is -2.32. The van der Waals surface area contributed by atoms with Crippen LogP contribution in [0.5, 0.6) is 5.88 Å². The number of hydrogen-bond acceptors (Lipinski definition) is 3. The maximum Gasteiger partial charge on any atom is 0.332 e. The molecule has 0 amide bonds. The molecule has 1 aromatic heterocycles. The Hall–Kier alpha value is -1.96. The molecule has 0 aliphatic heterocycles. The first kappa shape index (κ1) is 10.1. The molecule has 2 N–H and O–H groups in total. The molecule has 14 heavy (non-hydrogen) atoms. The Morgan fingerprint density at radius 2 is 2.14 bits per heavy atom. The van der Waals surface area contributed by atoms with Crippen molar-refractivity contribution in [1.29, 1.82) is 0 Å². The summed E-state index contributed by atoms with van der Waals surface area (Å²) in [6, 6.07) is -0.599. The zero-order valence-corrected chi connectivity index (χ0v) is 7.87. The first-order valence-electron chi connectivity index (χ1n) is 3.99. The van der Waals surface area contributed by atoms with Gasteiger partial charge in [0.05, 0.1) is 11.6 Å². The van der Waals surface area contributed by atoms with Gasteiger partial charge in [-0.15, -0.1) is 6.42 Å². The zero-order valence-electron chi connectivity index (χ0n) is 7.87. The molecular weight excluding hydrogens is 184 g/mol. The number of nitrogens with zero attached hydrogens (tertiary/aromatic N) is 1. The predicted molar refractivity (Wildman–Crippen MR) is 51.3 cm³/mol. The summed E-state index contributed by atoms with van der Waals surface area (Å²) < 4.78 is 0.955. The smallest absolute Gasteiger partial charge is 0.332 e. The SMILES string of the molecule is C#CC(C)n1c(O)c(C)c(=O)[nH]c1=O. The molecule has 5 nitrogen and oxygen atoms in total. The van der Waals surface area contributed by atoms with E-state index in [9.17, 15) is 14.7 Å². The maximum absolute atomic E-state index is 11.3. The number of aromatic hydroxyl groups is 1. The molecule has 74 valence electrons. The van der Waals surface area contributed by atoms with E-state index in [0.29, 0.717) is 0 Å². The molecule has 1 unspecified atom stereocenters. The predicted octanol–water partition coefficient (Wildman–Crippen LogP) is -0.255. The van der Waals surface area contributed by atoms with Gasteiger partial charge in [-0.05, 0) is 13.8 Å². The summed E-state index contributed by atoms with van der Waals surface area (Å²) in [5.74, 6) is 1.91. The molecular formula is C9H10N2O3. The fourth-order valence-electron chi connectivity index (χ4n) is 1.06. The summed E-state index contributed by atoms with van der Waals surface area (Å²) in [5.41, 5.74) is -1.23. The molecule has 0 fully saturated rings. The van der Waals surface area contributed by atoms with Gasteiger partial charge in [-0.1, -0.05) is 5.92 Å². The van der Waals surface area contributed by atoms with E-state index in [1.807, 2.05) is 0 Å². The van der Waals surface area contributed by atoms with Crippen molar-refractivity contribution in [3.05, 3.63) is 26.4 Å². The monoisotopic (exact) mass is 194 g/mol. The van der Waals surface area contributed by atoms with E-state index in [4.69, 9.17) is 6.42 Å². The molecule has 0 radical (unpaired) electrons. The number of aromatic nitrogens is 2. The third-order valence-electron chi connectivity index (χ3n) is 1.97. The lowest BCUT2D eigenvalue weighted by atomic mass is 10.3. The van der Waals surface area contributed by atoms with Gasteiger partial charge in [0.25, 0.3) is 5.56 Å². The van der Waals surface area contributed by atoms with Gasteiger partial charge in [0.1, 0.15) is 0 Å². The summed E-state index contributed by atoms with van der Waals surface area (Å²) in [4.78, 5) is 24.4. The van der Waals surface area contributed by atoms with Crippen LogP contribution in [0.2, 0.25) is 0 Å². The van der Waals surface area contributed by atoms with E-state index < -0.39 is 17.3 Å². The first-order valence-corrected chi connectivity index (χ1v) is 3.99. The van der Waals surface area contributed by atoms with E-state index in [2.05, 4.69) is 10.9 Å². The summed E-state index contributed by atoms with van der Waals surface area (Å²) >= 11 is 0. The summed E-state index contributed by atoms with van der Waals surface area (Å²) in [7, 11) is 0. The minimum absolute atomic E-state index is 0.0756. The fraction of sp³-hybridized carbons (Fsp3) is 0.333. The Morgan fingerprint density at radius 1 is 1.57 bits per heavy atom. The molecule has 0 saturated heterocycles. The van der Waals surface area contributed by atoms with Crippen molar-refractivity contribution in [2.75, 3.05) is 0 Å². The second-order valence-corrected chi connectivity index (χ2v) is 2.92. The van der Waals surface area contributed by atoms with Gasteiger partial charge < -0.3 is 5.11 Å². The summed E-state index contributed by atoms with van der Waals surface area (Å²) in [6.07, 6.45) is 5.12.